The quantitative estimate of drug-likeness (QED) is 0.297. The van der Waals surface area contributed by atoms with Crippen LogP contribution in [0.2, 0.25) is 10.0 Å². The fraction of sp³-hybridized carbons (Fsp3) is 0.355. The smallest absolute Gasteiger partial charge is 0.328 e. The number of hydrogen-bond donors (Lipinski definition) is 1. The van der Waals surface area contributed by atoms with Crippen LogP contribution in [-0.4, -0.2) is 54.5 Å². The normalized spacial score (nSPS) is 15.8. The maximum absolute atomic E-state index is 13.9. The highest BCUT2D eigenvalue weighted by Gasteiger charge is 2.36. The number of carbonyl (C=O) groups excluding carboxylic acids is 3. The number of esters is 1. The number of pyridine rings is 1. The van der Waals surface area contributed by atoms with E-state index in [2.05, 4.69) is 21.3 Å². The first-order valence-electron chi connectivity index (χ1n) is 13.9. The molecule has 2 atom stereocenters. The van der Waals surface area contributed by atoms with Crippen LogP contribution in [0.1, 0.15) is 55.5 Å². The Hall–Kier alpha value is -3.82. The number of amides is 2. The van der Waals surface area contributed by atoms with Crippen molar-refractivity contribution in [2.24, 2.45) is 0 Å². The van der Waals surface area contributed by atoms with E-state index in [1.165, 1.54) is 31.3 Å². The van der Waals surface area contributed by atoms with Gasteiger partial charge in [0.1, 0.15) is 23.1 Å². The predicted molar refractivity (Wildman–Crippen MR) is 162 cm³/mol. The fourth-order valence-corrected chi connectivity index (χ4v) is 5.54. The number of aromatic nitrogens is 1. The molecular formula is C31H32Cl2N4O5. The topological polar surface area (TPSA) is 101 Å². The van der Waals surface area contributed by atoms with Crippen molar-refractivity contribution in [2.75, 3.05) is 29.5 Å². The average molecular weight is 612 g/mol. The van der Waals surface area contributed by atoms with Gasteiger partial charge in [-0.2, -0.15) is 0 Å². The third kappa shape index (κ3) is 6.17. The molecule has 0 bridgehead atoms. The van der Waals surface area contributed by atoms with Gasteiger partial charge in [-0.25, -0.2) is 4.79 Å². The van der Waals surface area contributed by atoms with Crippen molar-refractivity contribution in [1.82, 2.24) is 10.3 Å². The first kappa shape index (κ1) is 29.7. The summed E-state index contributed by atoms with van der Waals surface area (Å²) in [7, 11) is 0. The average Bonchev–Trinajstić information content (AvgIpc) is 3.83. The Labute approximate surface area is 254 Å². The Morgan fingerprint density at radius 3 is 2.48 bits per heavy atom. The summed E-state index contributed by atoms with van der Waals surface area (Å²) in [5, 5.41) is 3.08. The van der Waals surface area contributed by atoms with Crippen LogP contribution in [0.4, 0.5) is 11.4 Å². The molecule has 42 heavy (non-hydrogen) atoms. The van der Waals surface area contributed by atoms with Crippen LogP contribution in [0.15, 0.2) is 54.9 Å². The number of rotatable bonds is 9. The second kappa shape index (κ2) is 12.6. The summed E-state index contributed by atoms with van der Waals surface area (Å²) in [5.41, 5.74) is 2.64. The van der Waals surface area contributed by atoms with Gasteiger partial charge >= 0.3 is 5.97 Å². The number of fused-ring (bicyclic) bond motifs is 1. The molecule has 1 aliphatic carbocycles. The van der Waals surface area contributed by atoms with Crippen LogP contribution in [0.3, 0.4) is 0 Å². The van der Waals surface area contributed by atoms with Crippen LogP contribution >= 0.6 is 23.2 Å². The zero-order chi connectivity index (χ0) is 30.0. The highest BCUT2D eigenvalue weighted by atomic mass is 35.5. The minimum Gasteiger partial charge on any atom is -0.464 e. The number of ether oxygens (including phenoxy) is 2. The van der Waals surface area contributed by atoms with Crippen molar-refractivity contribution in [3.63, 3.8) is 0 Å². The third-order valence-electron chi connectivity index (χ3n) is 7.42. The molecule has 220 valence electrons. The van der Waals surface area contributed by atoms with Crippen molar-refractivity contribution < 1.29 is 23.9 Å². The van der Waals surface area contributed by atoms with Gasteiger partial charge < -0.3 is 24.6 Å². The van der Waals surface area contributed by atoms with Crippen molar-refractivity contribution >= 4 is 52.4 Å². The number of hydrogen-bond acceptors (Lipinski definition) is 7. The third-order valence-corrected chi connectivity index (χ3v) is 8.04. The molecule has 5 rings (SSSR count). The molecule has 2 heterocycles. The van der Waals surface area contributed by atoms with Crippen molar-refractivity contribution in [2.45, 2.75) is 51.6 Å². The summed E-state index contributed by atoms with van der Waals surface area (Å²) >= 11 is 13.2. The summed E-state index contributed by atoms with van der Waals surface area (Å²) < 4.78 is 11.1. The minimum absolute atomic E-state index is 0.200. The molecule has 9 nitrogen and oxygen atoms in total. The number of anilines is 2. The molecule has 2 amide bonds. The van der Waals surface area contributed by atoms with E-state index in [0.29, 0.717) is 18.2 Å². The number of para-hydroxylation sites is 2. The van der Waals surface area contributed by atoms with Gasteiger partial charge in [0.15, 0.2) is 0 Å². The Kier molecular flexibility index (Phi) is 8.89. The first-order chi connectivity index (χ1) is 20.2. The lowest BCUT2D eigenvalue weighted by atomic mass is 9.99. The molecule has 1 aromatic heterocycles. The highest BCUT2D eigenvalue weighted by Crippen LogP contribution is 2.42. The van der Waals surface area contributed by atoms with E-state index in [1.807, 2.05) is 18.2 Å². The van der Waals surface area contributed by atoms with Gasteiger partial charge in [-0.3, -0.25) is 14.6 Å². The van der Waals surface area contributed by atoms with E-state index in [9.17, 15) is 14.4 Å². The van der Waals surface area contributed by atoms with E-state index in [0.717, 1.165) is 17.9 Å². The van der Waals surface area contributed by atoms with Gasteiger partial charge in [-0.05, 0) is 63.4 Å². The van der Waals surface area contributed by atoms with E-state index < -0.39 is 23.8 Å². The molecule has 2 unspecified atom stereocenters. The Morgan fingerprint density at radius 2 is 1.76 bits per heavy atom. The first-order valence-corrected chi connectivity index (χ1v) is 14.7. The monoisotopic (exact) mass is 610 g/mol. The Morgan fingerprint density at radius 1 is 1.02 bits per heavy atom. The van der Waals surface area contributed by atoms with Crippen LogP contribution < -0.4 is 19.9 Å². The van der Waals surface area contributed by atoms with Crippen LogP contribution in [0.5, 0.6) is 11.5 Å². The van der Waals surface area contributed by atoms with Crippen molar-refractivity contribution in [3.8, 4) is 11.5 Å². The van der Waals surface area contributed by atoms with Crippen LogP contribution in [0, 0.1) is 0 Å². The lowest BCUT2D eigenvalue weighted by Gasteiger charge is -2.38. The molecule has 1 saturated carbocycles. The molecule has 3 aromatic rings. The standard InChI is InChI=1S/C31H32Cl2N4O5/c1-4-41-31(40)19(3)35-29(38)18(2)21-15-24(33)28(16-23(21)32)42-27-11-12-34-17-22(27)30(39)37-14-13-36(20-9-10-20)25-7-5-6-8-26(25)37/h5-8,11-12,15-20H,4,9-10,13-14H2,1-3H3,(H,35,38). The molecule has 1 N–H and O–H groups in total. The van der Waals surface area contributed by atoms with Crippen molar-refractivity contribution in [3.05, 3.63) is 76.0 Å². The second-order valence-electron chi connectivity index (χ2n) is 10.4. The molecule has 0 spiro atoms. The predicted octanol–water partition coefficient (Wildman–Crippen LogP) is 5.98. The number of benzene rings is 2. The maximum Gasteiger partial charge on any atom is 0.328 e. The molecule has 2 aromatic carbocycles. The molecule has 0 radical (unpaired) electrons. The summed E-state index contributed by atoms with van der Waals surface area (Å²) in [6.07, 6.45) is 5.35. The molecule has 1 aliphatic heterocycles. The lowest BCUT2D eigenvalue weighted by molar-refractivity contribution is -0.147. The second-order valence-corrected chi connectivity index (χ2v) is 11.2. The molecule has 0 saturated heterocycles. The Bertz CT molecular complexity index is 1510. The zero-order valence-corrected chi connectivity index (χ0v) is 25.1. The van der Waals surface area contributed by atoms with E-state index in [4.69, 9.17) is 32.7 Å². The molecule has 1 fully saturated rings. The van der Waals surface area contributed by atoms with Gasteiger partial charge in [0, 0.05) is 42.6 Å². The fourth-order valence-electron chi connectivity index (χ4n) is 5.02. The number of carbonyl (C=O) groups is 3. The molecule has 2 aliphatic rings. The summed E-state index contributed by atoms with van der Waals surface area (Å²) in [4.78, 5) is 46.9. The lowest BCUT2D eigenvalue weighted by Crippen LogP contribution is -2.45. The molecule has 11 heteroatoms. The minimum atomic E-state index is -0.817. The summed E-state index contributed by atoms with van der Waals surface area (Å²) in [5.74, 6) is -1.39. The van der Waals surface area contributed by atoms with Crippen molar-refractivity contribution in [1.29, 1.82) is 0 Å². The number of nitrogens with zero attached hydrogens (tertiary/aromatic N) is 3. The van der Waals surface area contributed by atoms with E-state index in [-0.39, 0.29) is 39.6 Å². The number of halogens is 2. The Balaban J connectivity index is 1.36. The maximum atomic E-state index is 13.9. The SMILES string of the molecule is CCOC(=O)C(C)NC(=O)C(C)c1cc(Cl)c(Oc2ccncc2C(=O)N2CCN(C3CC3)c3ccccc32)cc1Cl. The highest BCUT2D eigenvalue weighted by molar-refractivity contribution is 6.35. The van der Waals surface area contributed by atoms with Gasteiger partial charge in [0.2, 0.25) is 5.91 Å². The van der Waals surface area contributed by atoms with Crippen LogP contribution in [-0.2, 0) is 14.3 Å². The summed E-state index contributed by atoms with van der Waals surface area (Å²) in [6, 6.07) is 12.3. The molecular weight excluding hydrogens is 579 g/mol. The number of nitrogens with one attached hydrogen (secondary N) is 1. The van der Waals surface area contributed by atoms with E-state index in [1.54, 1.807) is 37.8 Å². The van der Waals surface area contributed by atoms with Gasteiger partial charge in [0.05, 0.1) is 28.9 Å². The zero-order valence-electron chi connectivity index (χ0n) is 23.6. The summed E-state index contributed by atoms with van der Waals surface area (Å²) in [6.45, 7) is 6.40. The largest absolute Gasteiger partial charge is 0.464 e. The van der Waals surface area contributed by atoms with Gasteiger partial charge in [-0.1, -0.05) is 35.3 Å². The van der Waals surface area contributed by atoms with E-state index >= 15 is 0 Å². The van der Waals surface area contributed by atoms with Crippen LogP contribution in [0.25, 0.3) is 0 Å². The van der Waals surface area contributed by atoms with Gasteiger partial charge in [0.25, 0.3) is 5.91 Å². The van der Waals surface area contributed by atoms with Gasteiger partial charge in [-0.15, -0.1) is 0 Å².